The summed E-state index contributed by atoms with van der Waals surface area (Å²) in [6, 6.07) is 2.11. The molecule has 1 unspecified atom stereocenters. The molecule has 0 saturated carbocycles. The van der Waals surface area contributed by atoms with Crippen molar-refractivity contribution in [1.82, 2.24) is 19.9 Å². The summed E-state index contributed by atoms with van der Waals surface area (Å²) in [4.78, 5) is 26.6. The van der Waals surface area contributed by atoms with Crippen LogP contribution < -0.4 is 0 Å². The third-order valence-corrected chi connectivity index (χ3v) is 6.18. The minimum absolute atomic E-state index is 0.238. The second kappa shape index (κ2) is 8.15. The van der Waals surface area contributed by atoms with Crippen LogP contribution in [-0.2, 0) is 4.74 Å². The Morgan fingerprint density at radius 3 is 2.73 bits per heavy atom. The van der Waals surface area contributed by atoms with Gasteiger partial charge in [0.25, 0.3) is 0 Å². The van der Waals surface area contributed by atoms with Crippen molar-refractivity contribution in [1.29, 1.82) is 0 Å². The van der Waals surface area contributed by atoms with E-state index in [4.69, 9.17) is 4.74 Å². The highest BCUT2D eigenvalue weighted by molar-refractivity contribution is 9.11. The summed E-state index contributed by atoms with van der Waals surface area (Å²) in [5, 5.41) is 9.84. The molecule has 1 saturated heterocycles. The minimum atomic E-state index is -0.491. The Hall–Kier alpha value is -2.19. The number of allylic oxidation sites excluding steroid dienone is 2. The molecular weight excluding hydrogens is 448 g/mol. The van der Waals surface area contributed by atoms with E-state index in [0.717, 1.165) is 39.8 Å². The summed E-state index contributed by atoms with van der Waals surface area (Å²) in [7, 11) is 0. The molecule has 4 rings (SSSR count). The number of nitrogens with zero attached hydrogens (tertiary/aromatic N) is 3. The van der Waals surface area contributed by atoms with Gasteiger partial charge in [-0.25, -0.2) is 14.8 Å². The van der Waals surface area contributed by atoms with Gasteiger partial charge in [0.15, 0.2) is 5.65 Å². The molecule has 1 atom stereocenters. The summed E-state index contributed by atoms with van der Waals surface area (Å²) in [6.07, 6.45) is 7.34. The predicted molar refractivity (Wildman–Crippen MR) is 119 cm³/mol. The van der Waals surface area contributed by atoms with Crippen molar-refractivity contribution in [2.24, 2.45) is 0 Å². The number of nitrogens with one attached hydrogen (secondary N) is 1. The molecule has 1 amide bonds. The monoisotopic (exact) mass is 474 g/mol. The molecule has 1 aliphatic heterocycles. The van der Waals surface area contributed by atoms with E-state index >= 15 is 0 Å². The smallest absolute Gasteiger partial charge is 0.410 e. The Bertz CT molecular complexity index is 1010. The SMILES string of the molecule is CC(C)(C)OC(=O)N1CCC(c2cnc3nc(C4=CCC(O)C(Br)=C4)[nH]c3c2)CC1. The van der Waals surface area contributed by atoms with Gasteiger partial charge in [0, 0.05) is 29.3 Å². The van der Waals surface area contributed by atoms with E-state index in [1.54, 1.807) is 4.90 Å². The molecule has 0 spiro atoms. The molecule has 2 aliphatic rings. The number of aromatic amines is 1. The van der Waals surface area contributed by atoms with Crippen LogP contribution in [0.2, 0.25) is 0 Å². The van der Waals surface area contributed by atoms with E-state index < -0.39 is 11.7 Å². The van der Waals surface area contributed by atoms with Crippen molar-refractivity contribution < 1.29 is 14.6 Å². The lowest BCUT2D eigenvalue weighted by molar-refractivity contribution is 0.0205. The number of carbonyl (C=O) groups excluding carboxylic acids is 1. The van der Waals surface area contributed by atoms with Gasteiger partial charge >= 0.3 is 6.09 Å². The zero-order chi connectivity index (χ0) is 21.5. The Morgan fingerprint density at radius 2 is 2.07 bits per heavy atom. The van der Waals surface area contributed by atoms with Gasteiger partial charge in [0.1, 0.15) is 11.4 Å². The molecule has 0 aromatic carbocycles. The van der Waals surface area contributed by atoms with Crippen LogP contribution in [-0.4, -0.2) is 55.8 Å². The number of halogens is 1. The van der Waals surface area contributed by atoms with Gasteiger partial charge in [0.05, 0.1) is 11.6 Å². The first-order valence-electron chi connectivity index (χ1n) is 10.3. The third-order valence-electron chi connectivity index (χ3n) is 5.42. The zero-order valence-corrected chi connectivity index (χ0v) is 19.1. The fourth-order valence-corrected chi connectivity index (χ4v) is 4.25. The molecule has 8 heteroatoms. The van der Waals surface area contributed by atoms with Crippen molar-refractivity contribution in [3.8, 4) is 0 Å². The van der Waals surface area contributed by atoms with Crippen LogP contribution in [0.25, 0.3) is 16.7 Å². The highest BCUT2D eigenvalue weighted by Gasteiger charge is 2.28. The average Bonchev–Trinajstić information content (AvgIpc) is 3.12. The Kier molecular flexibility index (Phi) is 5.72. The molecular formula is C22H27BrN4O3. The van der Waals surface area contributed by atoms with E-state index in [0.29, 0.717) is 31.1 Å². The fourth-order valence-electron chi connectivity index (χ4n) is 3.82. The quantitative estimate of drug-likeness (QED) is 0.668. The summed E-state index contributed by atoms with van der Waals surface area (Å²) >= 11 is 3.41. The number of carbonyl (C=O) groups is 1. The van der Waals surface area contributed by atoms with Crippen LogP contribution in [0.5, 0.6) is 0 Å². The van der Waals surface area contributed by atoms with Crippen LogP contribution in [0.3, 0.4) is 0 Å². The molecule has 0 bridgehead atoms. The Labute approximate surface area is 184 Å². The molecule has 2 N–H and O–H groups in total. The van der Waals surface area contributed by atoms with Crippen molar-refractivity contribution in [2.45, 2.75) is 57.7 Å². The number of amides is 1. The van der Waals surface area contributed by atoms with Gasteiger partial charge < -0.3 is 19.7 Å². The molecule has 30 heavy (non-hydrogen) atoms. The summed E-state index contributed by atoms with van der Waals surface area (Å²) < 4.78 is 6.24. The topological polar surface area (TPSA) is 91.3 Å². The molecule has 1 fully saturated rings. The fraction of sp³-hybridized carbons (Fsp3) is 0.500. The number of piperidine rings is 1. The number of ether oxygens (including phenoxy) is 1. The van der Waals surface area contributed by atoms with Crippen LogP contribution in [0, 0.1) is 0 Å². The number of imidazole rings is 1. The van der Waals surface area contributed by atoms with E-state index in [-0.39, 0.29) is 6.09 Å². The zero-order valence-electron chi connectivity index (χ0n) is 17.5. The van der Waals surface area contributed by atoms with Crippen LogP contribution in [0.4, 0.5) is 4.79 Å². The first kappa shape index (κ1) is 21.1. The van der Waals surface area contributed by atoms with Gasteiger partial charge in [-0.1, -0.05) is 22.0 Å². The van der Waals surface area contributed by atoms with E-state index in [9.17, 15) is 9.90 Å². The first-order valence-corrected chi connectivity index (χ1v) is 11.1. The molecule has 1 aliphatic carbocycles. The lowest BCUT2D eigenvalue weighted by atomic mass is 9.90. The molecule has 0 radical (unpaired) electrons. The van der Waals surface area contributed by atoms with Gasteiger partial charge in [-0.2, -0.15) is 0 Å². The van der Waals surface area contributed by atoms with E-state index in [1.807, 2.05) is 39.1 Å². The second-order valence-corrected chi connectivity index (χ2v) is 9.82. The molecule has 7 nitrogen and oxygen atoms in total. The lowest BCUT2D eigenvalue weighted by Crippen LogP contribution is -2.41. The van der Waals surface area contributed by atoms with Crippen molar-refractivity contribution in [3.05, 3.63) is 40.3 Å². The third kappa shape index (κ3) is 4.59. The van der Waals surface area contributed by atoms with Gasteiger partial charge in [-0.3, -0.25) is 0 Å². The maximum atomic E-state index is 12.3. The maximum Gasteiger partial charge on any atom is 0.410 e. The Morgan fingerprint density at radius 1 is 1.33 bits per heavy atom. The van der Waals surface area contributed by atoms with Gasteiger partial charge in [-0.05, 0) is 63.7 Å². The van der Waals surface area contributed by atoms with Crippen molar-refractivity contribution >= 4 is 38.8 Å². The number of likely N-dealkylation sites (tertiary alicyclic amines) is 1. The van der Waals surface area contributed by atoms with Crippen LogP contribution in [0.1, 0.15) is 57.3 Å². The average molecular weight is 475 g/mol. The molecule has 3 heterocycles. The highest BCUT2D eigenvalue weighted by atomic mass is 79.9. The molecule has 2 aromatic heterocycles. The van der Waals surface area contributed by atoms with Crippen molar-refractivity contribution in [3.63, 3.8) is 0 Å². The number of aliphatic hydroxyl groups is 1. The first-order chi connectivity index (χ1) is 14.2. The van der Waals surface area contributed by atoms with E-state index in [1.165, 1.54) is 0 Å². The summed E-state index contributed by atoms with van der Waals surface area (Å²) in [6.45, 7) is 7.02. The van der Waals surface area contributed by atoms with Crippen LogP contribution in [0.15, 0.2) is 28.9 Å². The standard InChI is InChI=1S/C22H27BrN4O3/c1-22(2,3)30-21(29)27-8-6-13(7-9-27)15-11-17-20(24-12-15)26-19(25-17)14-4-5-18(28)16(23)10-14/h4,10-13,18,28H,5-9H2,1-3H3,(H,24,25,26). The second-order valence-electron chi connectivity index (χ2n) is 8.91. The van der Waals surface area contributed by atoms with Crippen molar-refractivity contribution in [2.75, 3.05) is 13.1 Å². The largest absolute Gasteiger partial charge is 0.444 e. The normalized spacial score (nSPS) is 20.8. The van der Waals surface area contributed by atoms with Gasteiger partial charge in [-0.15, -0.1) is 0 Å². The maximum absolute atomic E-state index is 12.3. The van der Waals surface area contributed by atoms with E-state index in [2.05, 4.69) is 36.9 Å². The summed E-state index contributed by atoms with van der Waals surface area (Å²) in [5.74, 6) is 1.10. The number of rotatable bonds is 2. The molecule has 2 aromatic rings. The Balaban J connectivity index is 1.46. The number of fused-ring (bicyclic) bond motifs is 1. The van der Waals surface area contributed by atoms with Gasteiger partial charge in [0.2, 0.25) is 0 Å². The molecule has 160 valence electrons. The number of hydrogen-bond donors (Lipinski definition) is 2. The number of aliphatic hydroxyl groups excluding tert-OH is 1. The number of H-pyrrole nitrogens is 1. The highest BCUT2D eigenvalue weighted by Crippen LogP contribution is 2.31. The number of aromatic nitrogens is 3. The number of hydrogen-bond acceptors (Lipinski definition) is 5. The summed E-state index contributed by atoms with van der Waals surface area (Å²) in [5.41, 5.74) is 3.20. The minimum Gasteiger partial charge on any atom is -0.444 e. The predicted octanol–water partition coefficient (Wildman–Crippen LogP) is 4.50. The number of pyridine rings is 1. The lowest BCUT2D eigenvalue weighted by Gasteiger charge is -2.33. The van der Waals surface area contributed by atoms with Crippen LogP contribution >= 0.6 is 15.9 Å².